The van der Waals surface area contributed by atoms with Crippen LogP contribution in [0.3, 0.4) is 0 Å². The van der Waals surface area contributed by atoms with E-state index in [9.17, 15) is 0 Å². The van der Waals surface area contributed by atoms with E-state index in [1.807, 2.05) is 11.8 Å². The maximum absolute atomic E-state index is 5.75. The molecule has 0 saturated heterocycles. The van der Waals surface area contributed by atoms with E-state index in [2.05, 4.69) is 37.3 Å². The van der Waals surface area contributed by atoms with Gasteiger partial charge >= 0.3 is 0 Å². The Morgan fingerprint density at radius 3 is 2.67 bits per heavy atom. The molecule has 0 aliphatic rings. The van der Waals surface area contributed by atoms with Crippen molar-refractivity contribution in [1.82, 2.24) is 0 Å². The van der Waals surface area contributed by atoms with E-state index in [1.54, 1.807) is 0 Å². The van der Waals surface area contributed by atoms with Gasteiger partial charge in [-0.1, -0.05) is 37.3 Å². The highest BCUT2D eigenvalue weighted by Gasteiger charge is 1.99. The van der Waals surface area contributed by atoms with Gasteiger partial charge in [0.15, 0.2) is 0 Å². The van der Waals surface area contributed by atoms with E-state index in [4.69, 9.17) is 11.6 Å². The molecule has 1 aromatic carbocycles. The predicted octanol–water partition coefficient (Wildman–Crippen LogP) is 4.23. The Morgan fingerprint density at radius 2 is 2.00 bits per heavy atom. The van der Waals surface area contributed by atoms with Crippen molar-refractivity contribution >= 4 is 23.4 Å². The Hall–Kier alpha value is -0.140. The highest BCUT2D eigenvalue weighted by atomic mass is 35.5. The molecule has 2 heteroatoms. The molecule has 0 aliphatic heterocycles. The second-order valence-electron chi connectivity index (χ2n) is 3.92. The molecule has 1 unspecified atom stereocenters. The quantitative estimate of drug-likeness (QED) is 0.510. The molecule has 1 rings (SSSR count). The first-order chi connectivity index (χ1) is 7.33. The molecule has 0 heterocycles. The zero-order chi connectivity index (χ0) is 10.9. The summed E-state index contributed by atoms with van der Waals surface area (Å²) < 4.78 is 0. The Balaban J connectivity index is 2.03. The molecular formula is C13H19ClS. The minimum Gasteiger partial charge on any atom is -0.162 e. The molecule has 84 valence electrons. The first-order valence-electron chi connectivity index (χ1n) is 5.50. The fraction of sp³-hybridized carbons (Fsp3) is 0.538. The molecule has 0 bridgehead atoms. The van der Waals surface area contributed by atoms with E-state index in [0.29, 0.717) is 5.92 Å². The average Bonchev–Trinajstić information content (AvgIpc) is 2.29. The van der Waals surface area contributed by atoms with Crippen LogP contribution in [0.4, 0.5) is 0 Å². The van der Waals surface area contributed by atoms with Crippen molar-refractivity contribution in [3.63, 3.8) is 0 Å². The summed E-state index contributed by atoms with van der Waals surface area (Å²) in [7, 11) is 0. The third kappa shape index (κ3) is 6.11. The smallest absolute Gasteiger partial charge is 0.0257 e. The molecule has 0 radical (unpaired) electrons. The number of hydrogen-bond donors (Lipinski definition) is 0. The van der Waals surface area contributed by atoms with Gasteiger partial charge in [0.05, 0.1) is 0 Å². The molecule has 0 aliphatic carbocycles. The fourth-order valence-corrected chi connectivity index (χ4v) is 2.63. The minimum atomic E-state index is 0.647. The number of thioether (sulfide) groups is 1. The van der Waals surface area contributed by atoms with Crippen LogP contribution in [0.15, 0.2) is 30.3 Å². The molecule has 0 N–H and O–H groups in total. The van der Waals surface area contributed by atoms with Gasteiger partial charge in [0.25, 0.3) is 0 Å². The first kappa shape index (κ1) is 12.9. The molecule has 1 atom stereocenters. The van der Waals surface area contributed by atoms with Gasteiger partial charge < -0.3 is 0 Å². The predicted molar refractivity (Wildman–Crippen MR) is 72.0 cm³/mol. The van der Waals surface area contributed by atoms with Crippen LogP contribution in [0, 0.1) is 5.92 Å². The van der Waals surface area contributed by atoms with E-state index in [1.165, 1.54) is 29.9 Å². The third-order valence-corrected chi connectivity index (χ3v) is 4.17. The monoisotopic (exact) mass is 242 g/mol. The standard InChI is InChI=1S/C13H19ClS/c1-12(10-14)11-15-9-5-8-13-6-3-2-4-7-13/h2-4,6-7,12H,5,8-11H2,1H3. The SMILES string of the molecule is CC(CCl)CSCCCc1ccccc1. The number of halogens is 1. The summed E-state index contributed by atoms with van der Waals surface area (Å²) in [5.41, 5.74) is 1.45. The highest BCUT2D eigenvalue weighted by Crippen LogP contribution is 2.12. The average molecular weight is 243 g/mol. The maximum atomic E-state index is 5.75. The molecule has 0 fully saturated rings. The van der Waals surface area contributed by atoms with Gasteiger partial charge in [-0.05, 0) is 35.8 Å². The summed E-state index contributed by atoms with van der Waals surface area (Å²) in [5.74, 6) is 3.87. The molecule has 0 aromatic heterocycles. The Labute approximate surface area is 102 Å². The number of aryl methyl sites for hydroxylation is 1. The minimum absolute atomic E-state index is 0.647. The van der Waals surface area contributed by atoms with Gasteiger partial charge in [-0.2, -0.15) is 11.8 Å². The van der Waals surface area contributed by atoms with Gasteiger partial charge in [0.2, 0.25) is 0 Å². The lowest BCUT2D eigenvalue weighted by molar-refractivity contribution is 0.758. The molecular weight excluding hydrogens is 224 g/mol. The van der Waals surface area contributed by atoms with Gasteiger partial charge in [-0.3, -0.25) is 0 Å². The Bertz CT molecular complexity index is 248. The normalized spacial score (nSPS) is 12.7. The lowest BCUT2D eigenvalue weighted by Crippen LogP contribution is -2.00. The molecule has 15 heavy (non-hydrogen) atoms. The number of hydrogen-bond acceptors (Lipinski definition) is 1. The van der Waals surface area contributed by atoms with E-state index in [0.717, 1.165) is 5.88 Å². The summed E-state index contributed by atoms with van der Waals surface area (Å²) in [6.45, 7) is 2.21. The van der Waals surface area contributed by atoms with Crippen molar-refractivity contribution in [3.8, 4) is 0 Å². The lowest BCUT2D eigenvalue weighted by atomic mass is 10.1. The number of rotatable bonds is 7. The van der Waals surface area contributed by atoms with Gasteiger partial charge in [0.1, 0.15) is 0 Å². The van der Waals surface area contributed by atoms with E-state index >= 15 is 0 Å². The number of alkyl halides is 1. The van der Waals surface area contributed by atoms with E-state index in [-0.39, 0.29) is 0 Å². The van der Waals surface area contributed by atoms with Gasteiger partial charge in [-0.25, -0.2) is 0 Å². The molecule has 1 aromatic rings. The van der Waals surface area contributed by atoms with Crippen molar-refractivity contribution in [3.05, 3.63) is 35.9 Å². The topological polar surface area (TPSA) is 0 Å². The summed E-state index contributed by atoms with van der Waals surface area (Å²) in [4.78, 5) is 0. The van der Waals surface area contributed by atoms with Gasteiger partial charge in [-0.15, -0.1) is 11.6 Å². The van der Waals surface area contributed by atoms with Crippen LogP contribution in [0.2, 0.25) is 0 Å². The van der Waals surface area contributed by atoms with Crippen molar-refractivity contribution < 1.29 is 0 Å². The van der Waals surface area contributed by atoms with Crippen LogP contribution in [0.1, 0.15) is 18.9 Å². The fourth-order valence-electron chi connectivity index (χ4n) is 1.35. The van der Waals surface area contributed by atoms with E-state index < -0.39 is 0 Å². The summed E-state index contributed by atoms with van der Waals surface area (Å²) in [6.07, 6.45) is 2.47. The van der Waals surface area contributed by atoms with Crippen LogP contribution in [0.5, 0.6) is 0 Å². The molecule has 0 spiro atoms. The molecule has 0 nitrogen and oxygen atoms in total. The van der Waals surface area contributed by atoms with Crippen molar-refractivity contribution in [1.29, 1.82) is 0 Å². The Kier molecular flexibility index (Phi) is 6.95. The first-order valence-corrected chi connectivity index (χ1v) is 7.19. The second kappa shape index (κ2) is 8.06. The van der Waals surface area contributed by atoms with Crippen LogP contribution in [-0.4, -0.2) is 17.4 Å². The third-order valence-electron chi connectivity index (χ3n) is 2.26. The van der Waals surface area contributed by atoms with Crippen LogP contribution in [0.25, 0.3) is 0 Å². The molecule has 0 saturated carbocycles. The van der Waals surface area contributed by atoms with Crippen molar-refractivity contribution in [2.45, 2.75) is 19.8 Å². The van der Waals surface area contributed by atoms with Crippen LogP contribution < -0.4 is 0 Å². The van der Waals surface area contributed by atoms with Crippen molar-refractivity contribution in [2.24, 2.45) is 5.92 Å². The lowest BCUT2D eigenvalue weighted by Gasteiger charge is -2.06. The van der Waals surface area contributed by atoms with Gasteiger partial charge in [0, 0.05) is 5.88 Å². The van der Waals surface area contributed by atoms with Crippen LogP contribution >= 0.6 is 23.4 Å². The summed E-state index contributed by atoms with van der Waals surface area (Å²) in [6, 6.07) is 10.7. The maximum Gasteiger partial charge on any atom is 0.0257 e. The molecule has 0 amide bonds. The number of benzene rings is 1. The zero-order valence-corrected chi connectivity index (χ0v) is 10.9. The highest BCUT2D eigenvalue weighted by molar-refractivity contribution is 7.99. The van der Waals surface area contributed by atoms with Crippen molar-refractivity contribution in [2.75, 3.05) is 17.4 Å². The zero-order valence-electron chi connectivity index (χ0n) is 9.29. The summed E-state index contributed by atoms with van der Waals surface area (Å²) >= 11 is 7.77. The second-order valence-corrected chi connectivity index (χ2v) is 5.38. The van der Waals surface area contributed by atoms with Crippen LogP contribution in [-0.2, 0) is 6.42 Å². The largest absolute Gasteiger partial charge is 0.162 e. The summed E-state index contributed by atoms with van der Waals surface area (Å²) in [5, 5.41) is 0. The Morgan fingerprint density at radius 1 is 1.27 bits per heavy atom.